The van der Waals surface area contributed by atoms with Gasteiger partial charge in [0.25, 0.3) is 5.91 Å². The van der Waals surface area contributed by atoms with Crippen LogP contribution in [0.1, 0.15) is 55.2 Å². The molecule has 9 heteroatoms. The third-order valence-electron chi connectivity index (χ3n) is 9.27. The number of nitrogens with one attached hydrogen (secondary N) is 1. The molecule has 3 unspecified atom stereocenters. The zero-order valence-corrected chi connectivity index (χ0v) is 19.0. The Morgan fingerprint density at radius 1 is 1.24 bits per heavy atom. The van der Waals surface area contributed by atoms with Crippen LogP contribution in [0.15, 0.2) is 24.4 Å². The first-order valence-corrected chi connectivity index (χ1v) is 12.2. The summed E-state index contributed by atoms with van der Waals surface area (Å²) in [5, 5.41) is 3.14. The smallest absolute Gasteiger partial charge is 0.389 e. The molecule has 34 heavy (non-hydrogen) atoms. The molecule has 6 rings (SSSR count). The normalized spacial score (nSPS) is 33.4. The van der Waals surface area contributed by atoms with Gasteiger partial charge < -0.3 is 10.1 Å². The van der Waals surface area contributed by atoms with E-state index in [2.05, 4.69) is 10.3 Å². The van der Waals surface area contributed by atoms with Crippen molar-refractivity contribution in [1.82, 2.24) is 14.7 Å². The van der Waals surface area contributed by atoms with Gasteiger partial charge in [-0.1, -0.05) is 6.07 Å². The molecule has 182 valence electrons. The second-order valence-corrected chi connectivity index (χ2v) is 10.7. The van der Waals surface area contributed by atoms with Gasteiger partial charge in [-0.05, 0) is 73.3 Å². The Labute approximate surface area is 195 Å². The fourth-order valence-corrected chi connectivity index (χ4v) is 8.18. The van der Waals surface area contributed by atoms with Crippen molar-refractivity contribution in [3.8, 4) is 0 Å². The van der Waals surface area contributed by atoms with Crippen molar-refractivity contribution in [2.45, 2.75) is 51.6 Å². The number of carbonyl (C=O) groups is 2. The predicted octanol–water partition coefficient (Wildman–Crippen LogP) is 4.17. The molecule has 0 aromatic carbocycles. The van der Waals surface area contributed by atoms with Gasteiger partial charge in [-0.15, -0.1) is 0 Å². The molecule has 1 spiro atoms. The highest BCUT2D eigenvalue weighted by Crippen LogP contribution is 2.92. The summed E-state index contributed by atoms with van der Waals surface area (Å²) >= 11 is 0. The lowest BCUT2D eigenvalue weighted by Crippen LogP contribution is -2.86. The molecule has 4 aliphatic carbocycles. The molecule has 2 aromatic rings. The Kier molecular flexibility index (Phi) is 4.65. The Morgan fingerprint density at radius 2 is 1.97 bits per heavy atom. The van der Waals surface area contributed by atoms with Crippen LogP contribution < -0.4 is 5.32 Å². The number of rotatable bonds is 8. The van der Waals surface area contributed by atoms with E-state index in [0.29, 0.717) is 29.0 Å². The summed E-state index contributed by atoms with van der Waals surface area (Å²) in [6.07, 6.45) is 0.728. The van der Waals surface area contributed by atoms with E-state index in [1.807, 2.05) is 0 Å². The van der Waals surface area contributed by atoms with E-state index < -0.39 is 24.5 Å². The number of carbonyl (C=O) groups excluding carboxylic acids is 2. The molecule has 1 N–H and O–H groups in total. The van der Waals surface area contributed by atoms with E-state index in [1.54, 1.807) is 35.7 Å². The molecule has 3 atom stereocenters. The number of halogens is 3. The molecule has 2 heterocycles. The monoisotopic (exact) mass is 475 g/mol. The number of hydrogen-bond acceptors (Lipinski definition) is 4. The van der Waals surface area contributed by atoms with Crippen LogP contribution in [0, 0.1) is 34.5 Å². The number of fused-ring (bicyclic) bond motifs is 1. The maximum absolute atomic E-state index is 13.1. The van der Waals surface area contributed by atoms with Gasteiger partial charge in [0.1, 0.15) is 11.3 Å². The van der Waals surface area contributed by atoms with Crippen molar-refractivity contribution in [3.05, 3.63) is 35.8 Å². The zero-order valence-electron chi connectivity index (χ0n) is 19.0. The van der Waals surface area contributed by atoms with Crippen LogP contribution in [-0.4, -0.2) is 40.6 Å². The first kappa shape index (κ1) is 21.9. The summed E-state index contributed by atoms with van der Waals surface area (Å²) in [5.41, 5.74) is 1.96. The molecule has 0 aliphatic heterocycles. The average molecular weight is 476 g/mol. The van der Waals surface area contributed by atoms with Crippen LogP contribution in [-0.2, 0) is 16.0 Å². The minimum absolute atomic E-state index is 0.00763. The average Bonchev–Trinajstić information content (AvgIpc) is 3.12. The van der Waals surface area contributed by atoms with Crippen LogP contribution in [0.3, 0.4) is 0 Å². The number of esters is 1. The highest BCUT2D eigenvalue weighted by atomic mass is 19.4. The number of aromatic nitrogens is 2. The van der Waals surface area contributed by atoms with Crippen molar-refractivity contribution >= 4 is 17.5 Å². The van der Waals surface area contributed by atoms with E-state index in [0.717, 1.165) is 17.8 Å². The summed E-state index contributed by atoms with van der Waals surface area (Å²) in [6, 6.07) is 5.09. The van der Waals surface area contributed by atoms with Gasteiger partial charge in [-0.25, -0.2) is 4.98 Å². The highest BCUT2D eigenvalue weighted by molar-refractivity contribution is 5.93. The minimum Gasteiger partial charge on any atom is -0.466 e. The van der Waals surface area contributed by atoms with E-state index in [1.165, 1.54) is 25.7 Å². The first-order valence-electron chi connectivity index (χ1n) is 12.2. The number of nitrogens with zero attached hydrogens (tertiary/aromatic N) is 2. The molecule has 0 radical (unpaired) electrons. The van der Waals surface area contributed by atoms with Gasteiger partial charge >= 0.3 is 12.1 Å². The number of ether oxygens (including phenoxy) is 1. The van der Waals surface area contributed by atoms with Crippen molar-refractivity contribution < 1.29 is 27.5 Å². The molecular weight excluding hydrogens is 447 g/mol. The second kappa shape index (κ2) is 7.21. The van der Waals surface area contributed by atoms with E-state index in [9.17, 15) is 22.8 Å². The van der Waals surface area contributed by atoms with Gasteiger partial charge in [0, 0.05) is 19.2 Å². The molecule has 0 saturated heterocycles. The van der Waals surface area contributed by atoms with Crippen LogP contribution in [0.4, 0.5) is 13.2 Å². The Balaban J connectivity index is 1.17. The number of imidazole rings is 1. The lowest BCUT2D eigenvalue weighted by Gasteiger charge is -2.91. The van der Waals surface area contributed by atoms with Gasteiger partial charge in [-0.3, -0.25) is 14.0 Å². The third kappa shape index (κ3) is 2.91. The van der Waals surface area contributed by atoms with Crippen LogP contribution in [0.5, 0.6) is 0 Å². The molecular formula is C25H28F3N3O3. The summed E-state index contributed by atoms with van der Waals surface area (Å²) in [4.78, 5) is 29.6. The van der Waals surface area contributed by atoms with Crippen LogP contribution in [0.2, 0.25) is 0 Å². The van der Waals surface area contributed by atoms with E-state index >= 15 is 0 Å². The maximum atomic E-state index is 13.1. The number of amides is 1. The quantitative estimate of drug-likeness (QED) is 0.582. The summed E-state index contributed by atoms with van der Waals surface area (Å²) in [7, 11) is 0. The summed E-state index contributed by atoms with van der Waals surface area (Å²) < 4.78 is 45.5. The molecule has 2 aromatic heterocycles. The molecule has 4 fully saturated rings. The molecule has 6 nitrogen and oxygen atoms in total. The standard InChI is InChI=1S/C25H28F3N3O3/c1-2-34-22(33)14(9-24(26,27)28)6-18-12-31-19(4-3-5-20(31)30-18)21(32)29-13-23-10-16-7-15-8-17(11-23)25(15,16)23/h3-5,12,14-17H,2,6-11,13H2,1H3,(H,29,32). The summed E-state index contributed by atoms with van der Waals surface area (Å²) in [5.74, 6) is 0.120. The highest BCUT2D eigenvalue weighted by Gasteiger charge is 2.87. The van der Waals surface area contributed by atoms with Crippen molar-refractivity contribution in [2.24, 2.45) is 34.5 Å². The van der Waals surface area contributed by atoms with E-state index in [4.69, 9.17) is 4.74 Å². The Morgan fingerprint density at radius 3 is 2.59 bits per heavy atom. The van der Waals surface area contributed by atoms with Gasteiger partial charge in [0.2, 0.25) is 0 Å². The largest absolute Gasteiger partial charge is 0.466 e. The molecule has 4 saturated carbocycles. The van der Waals surface area contributed by atoms with Gasteiger partial charge in [0.15, 0.2) is 0 Å². The van der Waals surface area contributed by atoms with Gasteiger partial charge in [-0.2, -0.15) is 13.2 Å². The predicted molar refractivity (Wildman–Crippen MR) is 116 cm³/mol. The number of alkyl halides is 3. The fraction of sp³-hybridized carbons (Fsp3) is 0.640. The van der Waals surface area contributed by atoms with Crippen molar-refractivity contribution in [1.29, 1.82) is 0 Å². The Hall–Kier alpha value is -2.58. The minimum atomic E-state index is -4.50. The molecule has 1 amide bonds. The second-order valence-electron chi connectivity index (χ2n) is 10.7. The lowest BCUT2D eigenvalue weighted by atomic mass is 9.13. The first-order chi connectivity index (χ1) is 16.2. The van der Waals surface area contributed by atoms with Crippen molar-refractivity contribution in [2.75, 3.05) is 13.2 Å². The SMILES string of the molecule is CCOC(=O)C(Cc1cn2c(C(=O)NCC34CC5CC6CC(C3)C654)cccc2n1)CC(F)(F)F. The van der Waals surface area contributed by atoms with Crippen LogP contribution >= 0.6 is 0 Å². The topological polar surface area (TPSA) is 72.7 Å². The zero-order chi connectivity index (χ0) is 23.9. The lowest BCUT2D eigenvalue weighted by molar-refractivity contribution is -0.428. The van der Waals surface area contributed by atoms with Crippen molar-refractivity contribution in [3.63, 3.8) is 0 Å². The van der Waals surface area contributed by atoms with Crippen LogP contribution in [0.25, 0.3) is 5.65 Å². The Bertz CT molecular complexity index is 1150. The third-order valence-corrected chi connectivity index (χ3v) is 9.27. The molecule has 0 bridgehead atoms. The number of hydrogen-bond donors (Lipinski definition) is 1. The summed E-state index contributed by atoms with van der Waals surface area (Å²) in [6.45, 7) is 2.25. The van der Waals surface area contributed by atoms with Gasteiger partial charge in [0.05, 0.1) is 24.6 Å². The van der Waals surface area contributed by atoms with E-state index in [-0.39, 0.29) is 24.3 Å². The fourth-order valence-electron chi connectivity index (χ4n) is 8.18. The maximum Gasteiger partial charge on any atom is 0.389 e. The molecule has 4 aliphatic rings. The number of pyridine rings is 1.